The van der Waals surface area contributed by atoms with E-state index < -0.39 is 6.04 Å². The standard InChI is InChI=1S/C27H31ClN2O5/c1-6-29(7-2)11-8-12-30-24(17-9-10-20(33-4)22(14-17)34-5)23-25(31)18-15-19(28)16(3)13-21(18)35-26(23)27(30)32/h9-10,13-15,24H,6-8,11-12H2,1-5H3. The summed E-state index contributed by atoms with van der Waals surface area (Å²) in [6.45, 7) is 9.29. The molecule has 3 aromatic rings. The maximum Gasteiger partial charge on any atom is 0.290 e. The fourth-order valence-electron chi connectivity index (χ4n) is 4.75. The van der Waals surface area contributed by atoms with Gasteiger partial charge in [-0.1, -0.05) is 31.5 Å². The van der Waals surface area contributed by atoms with Gasteiger partial charge in [-0.05, 0) is 68.4 Å². The molecule has 0 saturated heterocycles. The number of rotatable bonds is 9. The van der Waals surface area contributed by atoms with Crippen molar-refractivity contribution in [3.63, 3.8) is 0 Å². The molecule has 1 aromatic heterocycles. The van der Waals surface area contributed by atoms with Crippen molar-refractivity contribution in [2.24, 2.45) is 0 Å². The van der Waals surface area contributed by atoms with Crippen molar-refractivity contribution in [2.75, 3.05) is 40.4 Å². The van der Waals surface area contributed by atoms with E-state index in [-0.39, 0.29) is 17.1 Å². The average Bonchev–Trinajstić information content (AvgIpc) is 3.14. The molecule has 1 atom stereocenters. The van der Waals surface area contributed by atoms with Crippen LogP contribution in [0.3, 0.4) is 0 Å². The normalized spacial score (nSPS) is 15.2. The van der Waals surface area contributed by atoms with Gasteiger partial charge in [0.05, 0.1) is 31.2 Å². The Morgan fingerprint density at radius 2 is 1.77 bits per heavy atom. The van der Waals surface area contributed by atoms with Crippen LogP contribution in [0.25, 0.3) is 11.0 Å². The minimum absolute atomic E-state index is 0.0897. The molecule has 1 amide bonds. The largest absolute Gasteiger partial charge is 0.493 e. The topological polar surface area (TPSA) is 72.2 Å². The lowest BCUT2D eigenvalue weighted by atomic mass is 9.97. The Hall–Kier alpha value is -3.03. The maximum absolute atomic E-state index is 13.7. The predicted octanol–water partition coefficient (Wildman–Crippen LogP) is 5.05. The summed E-state index contributed by atoms with van der Waals surface area (Å²) in [5, 5.41) is 0.843. The lowest BCUT2D eigenvalue weighted by Gasteiger charge is -2.27. The van der Waals surface area contributed by atoms with Crippen molar-refractivity contribution in [1.29, 1.82) is 0 Å². The number of fused-ring (bicyclic) bond motifs is 2. The van der Waals surface area contributed by atoms with Gasteiger partial charge in [0.25, 0.3) is 5.91 Å². The van der Waals surface area contributed by atoms with Gasteiger partial charge in [0.15, 0.2) is 16.9 Å². The molecule has 2 aromatic carbocycles. The molecule has 2 heterocycles. The van der Waals surface area contributed by atoms with E-state index in [0.717, 1.165) is 37.2 Å². The van der Waals surface area contributed by atoms with Gasteiger partial charge in [-0.15, -0.1) is 0 Å². The van der Waals surface area contributed by atoms with Gasteiger partial charge in [-0.3, -0.25) is 9.59 Å². The van der Waals surface area contributed by atoms with Crippen LogP contribution < -0.4 is 14.9 Å². The van der Waals surface area contributed by atoms with Gasteiger partial charge in [0.1, 0.15) is 5.58 Å². The number of hydrogen-bond donors (Lipinski definition) is 0. The number of carbonyl (C=O) groups excluding carboxylic acids is 1. The van der Waals surface area contributed by atoms with Crippen LogP contribution in [0.2, 0.25) is 5.02 Å². The Morgan fingerprint density at radius 3 is 2.43 bits per heavy atom. The van der Waals surface area contributed by atoms with Gasteiger partial charge < -0.3 is 23.7 Å². The van der Waals surface area contributed by atoms with Gasteiger partial charge in [0.2, 0.25) is 5.76 Å². The third-order valence-electron chi connectivity index (χ3n) is 6.74. The van der Waals surface area contributed by atoms with E-state index >= 15 is 0 Å². The Morgan fingerprint density at radius 1 is 1.06 bits per heavy atom. The Kier molecular flexibility index (Phi) is 7.38. The molecule has 1 aliphatic heterocycles. The number of carbonyl (C=O) groups is 1. The number of methoxy groups -OCH3 is 2. The van der Waals surface area contributed by atoms with Crippen molar-refractivity contribution in [2.45, 2.75) is 33.2 Å². The summed E-state index contributed by atoms with van der Waals surface area (Å²) < 4.78 is 17.0. The zero-order chi connectivity index (χ0) is 25.3. The fourth-order valence-corrected chi connectivity index (χ4v) is 4.91. The Labute approximate surface area is 210 Å². The summed E-state index contributed by atoms with van der Waals surface area (Å²) in [7, 11) is 3.13. The molecule has 0 aliphatic carbocycles. The molecule has 1 aliphatic rings. The SMILES string of the molecule is CCN(CC)CCCN1C(=O)c2oc3cc(C)c(Cl)cc3c(=O)c2C1c1ccc(OC)c(OC)c1. The number of aryl methyl sites for hydroxylation is 1. The summed E-state index contributed by atoms with van der Waals surface area (Å²) >= 11 is 6.33. The van der Waals surface area contributed by atoms with E-state index in [1.165, 1.54) is 0 Å². The lowest BCUT2D eigenvalue weighted by molar-refractivity contribution is 0.0720. The second kappa shape index (κ2) is 10.3. The first-order chi connectivity index (χ1) is 16.8. The van der Waals surface area contributed by atoms with Crippen molar-refractivity contribution in [3.8, 4) is 11.5 Å². The molecule has 0 fully saturated rings. The van der Waals surface area contributed by atoms with Crippen molar-refractivity contribution in [1.82, 2.24) is 9.80 Å². The summed E-state index contributed by atoms with van der Waals surface area (Å²) in [6.07, 6.45) is 0.768. The predicted molar refractivity (Wildman–Crippen MR) is 137 cm³/mol. The molecule has 0 bridgehead atoms. The van der Waals surface area contributed by atoms with Crippen molar-refractivity contribution in [3.05, 3.63) is 68.0 Å². The van der Waals surface area contributed by atoms with E-state index in [2.05, 4.69) is 18.7 Å². The summed E-state index contributed by atoms with van der Waals surface area (Å²) in [5.74, 6) is 0.900. The average molecular weight is 499 g/mol. The van der Waals surface area contributed by atoms with Crippen LogP contribution in [0, 0.1) is 6.92 Å². The van der Waals surface area contributed by atoms with E-state index in [1.807, 2.05) is 19.1 Å². The van der Waals surface area contributed by atoms with E-state index in [9.17, 15) is 9.59 Å². The molecule has 0 radical (unpaired) electrons. The zero-order valence-corrected chi connectivity index (χ0v) is 21.6. The molecule has 186 valence electrons. The highest BCUT2D eigenvalue weighted by Gasteiger charge is 2.42. The van der Waals surface area contributed by atoms with Crippen LogP contribution in [0.5, 0.6) is 11.5 Å². The summed E-state index contributed by atoms with van der Waals surface area (Å²) in [4.78, 5) is 31.4. The third kappa shape index (κ3) is 4.50. The molecule has 0 N–H and O–H groups in total. The fraction of sp³-hybridized carbons (Fsp3) is 0.407. The van der Waals surface area contributed by atoms with Gasteiger partial charge in [-0.2, -0.15) is 0 Å². The quantitative estimate of drug-likeness (QED) is 0.411. The highest BCUT2D eigenvalue weighted by molar-refractivity contribution is 6.32. The molecule has 0 saturated carbocycles. The number of benzene rings is 2. The van der Waals surface area contributed by atoms with Gasteiger partial charge >= 0.3 is 0 Å². The molecular formula is C27H31ClN2O5. The van der Waals surface area contributed by atoms with Crippen molar-refractivity contribution < 1.29 is 18.7 Å². The van der Waals surface area contributed by atoms with E-state index in [1.54, 1.807) is 37.3 Å². The van der Waals surface area contributed by atoms with Crippen LogP contribution in [-0.2, 0) is 0 Å². The number of nitrogens with zero attached hydrogens (tertiary/aromatic N) is 2. The van der Waals surface area contributed by atoms with Crippen LogP contribution in [0.15, 0.2) is 39.5 Å². The first-order valence-corrected chi connectivity index (χ1v) is 12.2. The number of hydrogen-bond acceptors (Lipinski definition) is 6. The molecule has 4 rings (SSSR count). The maximum atomic E-state index is 13.7. The van der Waals surface area contributed by atoms with E-state index in [0.29, 0.717) is 39.6 Å². The summed E-state index contributed by atoms with van der Waals surface area (Å²) in [6, 6.07) is 8.19. The second-order valence-corrected chi connectivity index (χ2v) is 9.07. The number of halogens is 1. The van der Waals surface area contributed by atoms with Crippen LogP contribution in [-0.4, -0.2) is 56.1 Å². The minimum atomic E-state index is -0.602. The van der Waals surface area contributed by atoms with Gasteiger partial charge in [-0.25, -0.2) is 0 Å². The third-order valence-corrected chi connectivity index (χ3v) is 7.15. The number of ether oxygens (including phenoxy) is 2. The highest BCUT2D eigenvalue weighted by atomic mass is 35.5. The molecule has 1 unspecified atom stereocenters. The molecule has 7 nitrogen and oxygen atoms in total. The summed E-state index contributed by atoms with van der Waals surface area (Å²) in [5.41, 5.74) is 1.97. The monoisotopic (exact) mass is 498 g/mol. The first-order valence-electron chi connectivity index (χ1n) is 11.9. The van der Waals surface area contributed by atoms with Gasteiger partial charge in [0, 0.05) is 11.6 Å². The zero-order valence-electron chi connectivity index (χ0n) is 20.8. The van der Waals surface area contributed by atoms with Crippen LogP contribution >= 0.6 is 11.6 Å². The van der Waals surface area contributed by atoms with Crippen LogP contribution in [0.4, 0.5) is 0 Å². The lowest BCUT2D eigenvalue weighted by Crippen LogP contribution is -2.33. The molecule has 0 spiro atoms. The number of amides is 1. The molecule has 8 heteroatoms. The van der Waals surface area contributed by atoms with E-state index in [4.69, 9.17) is 25.5 Å². The Balaban J connectivity index is 1.86. The second-order valence-electron chi connectivity index (χ2n) is 8.67. The highest BCUT2D eigenvalue weighted by Crippen LogP contribution is 2.41. The first kappa shape index (κ1) is 25.1. The molecule has 35 heavy (non-hydrogen) atoms. The smallest absolute Gasteiger partial charge is 0.290 e. The van der Waals surface area contributed by atoms with Crippen molar-refractivity contribution >= 4 is 28.5 Å². The molecular weight excluding hydrogens is 468 g/mol. The minimum Gasteiger partial charge on any atom is -0.493 e. The van der Waals surface area contributed by atoms with Crippen LogP contribution in [0.1, 0.15) is 53.6 Å². The Bertz CT molecular complexity index is 1320.